The Kier molecular flexibility index (Phi) is 5.86. The summed E-state index contributed by atoms with van der Waals surface area (Å²) in [6.45, 7) is 5.99. The van der Waals surface area contributed by atoms with Crippen molar-refractivity contribution in [2.75, 3.05) is 26.2 Å². The summed E-state index contributed by atoms with van der Waals surface area (Å²) in [4.78, 5) is 28.4. The molecule has 0 aromatic heterocycles. The molecule has 0 bridgehead atoms. The van der Waals surface area contributed by atoms with Gasteiger partial charge in [0.1, 0.15) is 0 Å². The van der Waals surface area contributed by atoms with Gasteiger partial charge in [0, 0.05) is 38.8 Å². The predicted octanol–water partition coefficient (Wildman–Crippen LogP) is 1.05. The third kappa shape index (κ3) is 5.04. The minimum atomic E-state index is -0.385. The summed E-state index contributed by atoms with van der Waals surface area (Å²) in [5.74, 6) is -0.247. The van der Waals surface area contributed by atoms with Gasteiger partial charge in [-0.2, -0.15) is 5.26 Å². The molecule has 1 aliphatic carbocycles. The van der Waals surface area contributed by atoms with Crippen LogP contribution in [0, 0.1) is 11.3 Å². The van der Waals surface area contributed by atoms with Gasteiger partial charge in [-0.3, -0.25) is 19.9 Å². The Morgan fingerprint density at radius 3 is 2.42 bits per heavy atom. The second-order valence-electron chi connectivity index (χ2n) is 7.03. The second-order valence-corrected chi connectivity index (χ2v) is 7.03. The molecule has 1 unspecified atom stereocenters. The minimum Gasteiger partial charge on any atom is -0.335 e. The van der Waals surface area contributed by atoms with Crippen molar-refractivity contribution >= 4 is 11.9 Å². The van der Waals surface area contributed by atoms with Gasteiger partial charge in [0.2, 0.25) is 5.91 Å². The molecule has 1 aromatic carbocycles. The van der Waals surface area contributed by atoms with Crippen LogP contribution in [0.25, 0.3) is 0 Å². The summed E-state index contributed by atoms with van der Waals surface area (Å²) < 4.78 is 0. The highest BCUT2D eigenvalue weighted by molar-refractivity contribution is 5.97. The second kappa shape index (κ2) is 8.30. The minimum absolute atomic E-state index is 0.240. The van der Waals surface area contributed by atoms with Crippen LogP contribution in [0.4, 0.5) is 4.79 Å². The van der Waals surface area contributed by atoms with Gasteiger partial charge < -0.3 is 5.32 Å². The van der Waals surface area contributed by atoms with E-state index in [4.69, 9.17) is 5.26 Å². The SMILES string of the molecule is CC(C(=O)NC(=O)NC1CC1)N1CCN(Cc2ccc(C#N)cc2)CC1. The molecule has 7 nitrogen and oxygen atoms in total. The molecule has 2 fully saturated rings. The lowest BCUT2D eigenvalue weighted by atomic mass is 10.1. The maximum Gasteiger partial charge on any atom is 0.321 e. The Morgan fingerprint density at radius 1 is 1.19 bits per heavy atom. The largest absolute Gasteiger partial charge is 0.335 e. The molecule has 1 aliphatic heterocycles. The van der Waals surface area contributed by atoms with Crippen LogP contribution < -0.4 is 10.6 Å². The standard InChI is InChI=1S/C19H25N5O2/c1-14(18(25)22-19(26)21-17-6-7-17)24-10-8-23(9-11-24)13-16-4-2-15(12-20)3-5-16/h2-5,14,17H,6-11,13H2,1H3,(H2,21,22,25,26). The highest BCUT2D eigenvalue weighted by Gasteiger charge is 2.28. The highest BCUT2D eigenvalue weighted by atomic mass is 16.2. The summed E-state index contributed by atoms with van der Waals surface area (Å²) in [7, 11) is 0. The fraction of sp³-hybridized carbons (Fsp3) is 0.526. The van der Waals surface area contributed by atoms with E-state index in [2.05, 4.69) is 26.5 Å². The normalized spacial score (nSPS) is 19.4. The third-order valence-electron chi connectivity index (χ3n) is 4.97. The van der Waals surface area contributed by atoms with Crippen LogP contribution in [0.2, 0.25) is 0 Å². The number of benzene rings is 1. The highest BCUT2D eigenvalue weighted by Crippen LogP contribution is 2.18. The van der Waals surface area contributed by atoms with E-state index >= 15 is 0 Å². The van der Waals surface area contributed by atoms with Gasteiger partial charge >= 0.3 is 6.03 Å². The molecule has 1 saturated heterocycles. The Balaban J connectivity index is 1.42. The van der Waals surface area contributed by atoms with Gasteiger partial charge in [-0.25, -0.2) is 4.79 Å². The van der Waals surface area contributed by atoms with Crippen molar-refractivity contribution in [3.05, 3.63) is 35.4 Å². The molecular formula is C19H25N5O2. The van der Waals surface area contributed by atoms with E-state index in [0.717, 1.165) is 45.6 Å². The molecule has 3 rings (SSSR count). The quantitative estimate of drug-likeness (QED) is 0.824. The fourth-order valence-electron chi connectivity index (χ4n) is 3.08. The van der Waals surface area contributed by atoms with Crippen molar-refractivity contribution < 1.29 is 9.59 Å². The topological polar surface area (TPSA) is 88.5 Å². The maximum absolute atomic E-state index is 12.2. The Morgan fingerprint density at radius 2 is 1.85 bits per heavy atom. The molecule has 7 heteroatoms. The average Bonchev–Trinajstić information content (AvgIpc) is 3.46. The lowest BCUT2D eigenvalue weighted by Gasteiger charge is -2.37. The zero-order valence-electron chi connectivity index (χ0n) is 15.1. The number of nitriles is 1. The molecular weight excluding hydrogens is 330 g/mol. The van der Waals surface area contributed by atoms with Crippen LogP contribution in [0.3, 0.4) is 0 Å². The van der Waals surface area contributed by atoms with Crippen molar-refractivity contribution in [1.82, 2.24) is 20.4 Å². The first-order valence-corrected chi connectivity index (χ1v) is 9.12. The third-order valence-corrected chi connectivity index (χ3v) is 4.97. The van der Waals surface area contributed by atoms with Crippen LogP contribution in [-0.4, -0.2) is 60.0 Å². The van der Waals surface area contributed by atoms with Crippen LogP contribution >= 0.6 is 0 Å². The van der Waals surface area contributed by atoms with Gasteiger partial charge in [0.25, 0.3) is 0 Å². The van der Waals surface area contributed by atoms with E-state index in [1.807, 2.05) is 31.2 Å². The molecule has 138 valence electrons. The molecule has 3 amide bonds. The number of hydrogen-bond acceptors (Lipinski definition) is 5. The van der Waals surface area contributed by atoms with E-state index in [1.165, 1.54) is 5.56 Å². The fourth-order valence-corrected chi connectivity index (χ4v) is 3.08. The van der Waals surface area contributed by atoms with Crippen molar-refractivity contribution in [3.63, 3.8) is 0 Å². The number of hydrogen-bond donors (Lipinski definition) is 2. The first-order chi connectivity index (χ1) is 12.5. The smallest absolute Gasteiger partial charge is 0.321 e. The lowest BCUT2D eigenvalue weighted by molar-refractivity contribution is -0.125. The van der Waals surface area contributed by atoms with Gasteiger partial charge in [0.15, 0.2) is 0 Å². The van der Waals surface area contributed by atoms with Crippen LogP contribution in [0.5, 0.6) is 0 Å². The molecule has 0 radical (unpaired) electrons. The van der Waals surface area contributed by atoms with Gasteiger partial charge in [0.05, 0.1) is 17.7 Å². The Labute approximate surface area is 153 Å². The molecule has 1 saturated carbocycles. The van der Waals surface area contributed by atoms with Crippen molar-refractivity contribution in [2.24, 2.45) is 0 Å². The number of piperazine rings is 1. The van der Waals surface area contributed by atoms with Gasteiger partial charge in [-0.05, 0) is 37.5 Å². The van der Waals surface area contributed by atoms with Gasteiger partial charge in [-0.15, -0.1) is 0 Å². The summed E-state index contributed by atoms with van der Waals surface area (Å²) >= 11 is 0. The first kappa shape index (κ1) is 18.4. The predicted molar refractivity (Wildman–Crippen MR) is 97.2 cm³/mol. The number of carbonyl (C=O) groups is 2. The molecule has 2 N–H and O–H groups in total. The molecule has 1 aromatic rings. The average molecular weight is 355 g/mol. The van der Waals surface area contributed by atoms with Crippen molar-refractivity contribution in [1.29, 1.82) is 5.26 Å². The monoisotopic (exact) mass is 355 g/mol. The van der Waals surface area contributed by atoms with E-state index < -0.39 is 0 Å². The zero-order chi connectivity index (χ0) is 18.5. The van der Waals surface area contributed by atoms with Crippen LogP contribution in [0.15, 0.2) is 24.3 Å². The number of nitrogens with one attached hydrogen (secondary N) is 2. The number of rotatable bonds is 5. The number of amides is 3. The molecule has 1 heterocycles. The van der Waals surface area contributed by atoms with Gasteiger partial charge in [-0.1, -0.05) is 12.1 Å². The van der Waals surface area contributed by atoms with Crippen molar-refractivity contribution in [3.8, 4) is 6.07 Å². The summed E-state index contributed by atoms with van der Waals surface area (Å²) in [6, 6.07) is 9.31. The summed E-state index contributed by atoms with van der Waals surface area (Å²) in [6.07, 6.45) is 2.00. The molecule has 26 heavy (non-hydrogen) atoms. The van der Waals surface area contributed by atoms with Crippen LogP contribution in [0.1, 0.15) is 30.9 Å². The number of imide groups is 1. The Hall–Kier alpha value is -2.43. The molecule has 0 spiro atoms. The van der Waals surface area contributed by atoms with E-state index in [1.54, 1.807) is 0 Å². The molecule has 1 atom stereocenters. The van der Waals surface area contributed by atoms with Crippen LogP contribution in [-0.2, 0) is 11.3 Å². The van der Waals surface area contributed by atoms with Crippen molar-refractivity contribution in [2.45, 2.75) is 38.4 Å². The maximum atomic E-state index is 12.2. The van der Waals surface area contributed by atoms with E-state index in [9.17, 15) is 9.59 Å². The number of urea groups is 1. The number of carbonyl (C=O) groups excluding carboxylic acids is 2. The van der Waals surface area contributed by atoms with E-state index in [0.29, 0.717) is 5.56 Å². The Bertz CT molecular complexity index is 685. The summed E-state index contributed by atoms with van der Waals surface area (Å²) in [5.41, 5.74) is 1.85. The van der Waals surface area contributed by atoms with E-state index in [-0.39, 0.29) is 24.0 Å². The summed E-state index contributed by atoms with van der Waals surface area (Å²) in [5, 5.41) is 14.1. The lowest BCUT2D eigenvalue weighted by Crippen LogP contribution is -2.55. The number of nitrogens with zero attached hydrogens (tertiary/aromatic N) is 3. The zero-order valence-corrected chi connectivity index (χ0v) is 15.1. The molecule has 2 aliphatic rings. The first-order valence-electron chi connectivity index (χ1n) is 9.12.